The van der Waals surface area contributed by atoms with Crippen LogP contribution >= 0.6 is 22.9 Å². The highest BCUT2D eigenvalue weighted by atomic mass is 35.5. The van der Waals surface area contributed by atoms with E-state index in [1.54, 1.807) is 41.5 Å². The van der Waals surface area contributed by atoms with E-state index in [9.17, 15) is 14.7 Å². The summed E-state index contributed by atoms with van der Waals surface area (Å²) in [6, 6.07) is 8.98. The molecule has 0 spiro atoms. The summed E-state index contributed by atoms with van der Waals surface area (Å²) >= 11 is 7.39. The van der Waals surface area contributed by atoms with Gasteiger partial charge >= 0.3 is 0 Å². The fourth-order valence-electron chi connectivity index (χ4n) is 3.63. The van der Waals surface area contributed by atoms with Gasteiger partial charge in [0.2, 0.25) is 5.43 Å². The first-order chi connectivity index (χ1) is 16.3. The van der Waals surface area contributed by atoms with Crippen molar-refractivity contribution in [3.63, 3.8) is 0 Å². The van der Waals surface area contributed by atoms with E-state index >= 15 is 0 Å². The number of thiophene rings is 1. The molecule has 3 aromatic heterocycles. The van der Waals surface area contributed by atoms with Crippen LogP contribution in [0, 0.1) is 0 Å². The van der Waals surface area contributed by atoms with Crippen molar-refractivity contribution in [3.05, 3.63) is 92.1 Å². The van der Waals surface area contributed by atoms with Gasteiger partial charge in [0, 0.05) is 55.2 Å². The molecule has 4 rings (SSSR count). The molecule has 3 heterocycles. The van der Waals surface area contributed by atoms with Gasteiger partial charge in [0.15, 0.2) is 0 Å². The van der Waals surface area contributed by atoms with Gasteiger partial charge in [-0.25, -0.2) is 0 Å². The van der Waals surface area contributed by atoms with Gasteiger partial charge in [-0.2, -0.15) is 0 Å². The fourth-order valence-corrected chi connectivity index (χ4v) is 4.93. The van der Waals surface area contributed by atoms with Crippen molar-refractivity contribution in [1.29, 1.82) is 0 Å². The second kappa shape index (κ2) is 10.4. The highest BCUT2D eigenvalue weighted by Gasteiger charge is 2.18. The van der Waals surface area contributed by atoms with Gasteiger partial charge in [-0.1, -0.05) is 23.7 Å². The summed E-state index contributed by atoms with van der Waals surface area (Å²) in [5.74, 6) is -0.422. The number of aromatic nitrogens is 3. The zero-order valence-electron chi connectivity index (χ0n) is 18.7. The molecule has 34 heavy (non-hydrogen) atoms. The van der Waals surface area contributed by atoms with Crippen LogP contribution in [0.3, 0.4) is 0 Å². The van der Waals surface area contributed by atoms with Gasteiger partial charge in [0.05, 0.1) is 17.3 Å². The molecule has 0 aliphatic rings. The normalized spacial score (nSPS) is 12.3. The molecule has 0 aliphatic carbocycles. The third kappa shape index (κ3) is 5.51. The lowest BCUT2D eigenvalue weighted by atomic mass is 10.2. The molecule has 0 aliphatic heterocycles. The summed E-state index contributed by atoms with van der Waals surface area (Å²) in [5, 5.41) is 14.3. The summed E-state index contributed by atoms with van der Waals surface area (Å²) in [6.07, 6.45) is 5.45. The minimum Gasteiger partial charge on any atom is -0.385 e. The fraction of sp³-hybridized carbons (Fsp3) is 0.250. The van der Waals surface area contributed by atoms with Crippen LogP contribution in [0.2, 0.25) is 5.02 Å². The topological polar surface area (TPSA) is 100 Å². The Hall–Kier alpha value is -3.11. The van der Waals surface area contributed by atoms with E-state index in [0.717, 1.165) is 15.3 Å². The molecule has 0 fully saturated rings. The molecule has 176 valence electrons. The number of aryl methyl sites for hydroxylation is 1. The molecular formula is C24H24ClN5O3S. The van der Waals surface area contributed by atoms with Crippen LogP contribution in [-0.2, 0) is 20.1 Å². The van der Waals surface area contributed by atoms with Crippen LogP contribution in [0.15, 0.2) is 59.9 Å². The lowest BCUT2D eigenvalue weighted by Crippen LogP contribution is -2.29. The number of benzene rings is 1. The number of hydrogen-bond donors (Lipinski definition) is 2. The van der Waals surface area contributed by atoms with Gasteiger partial charge in [0.1, 0.15) is 16.5 Å². The molecule has 0 radical (unpaired) electrons. The molecule has 0 bridgehead atoms. The van der Waals surface area contributed by atoms with Crippen molar-refractivity contribution in [3.8, 4) is 0 Å². The van der Waals surface area contributed by atoms with Crippen LogP contribution in [0.1, 0.15) is 32.6 Å². The van der Waals surface area contributed by atoms with Crippen molar-refractivity contribution in [2.45, 2.75) is 19.2 Å². The van der Waals surface area contributed by atoms with Crippen LogP contribution in [0.25, 0.3) is 10.2 Å². The Morgan fingerprint density at radius 3 is 2.76 bits per heavy atom. The Morgan fingerprint density at radius 2 is 2.06 bits per heavy atom. The number of amides is 1. The van der Waals surface area contributed by atoms with E-state index < -0.39 is 12.0 Å². The molecule has 10 heteroatoms. The third-order valence-corrected chi connectivity index (χ3v) is 6.80. The molecule has 1 amide bonds. The summed E-state index contributed by atoms with van der Waals surface area (Å²) < 4.78 is 1.80. The van der Waals surface area contributed by atoms with Gasteiger partial charge < -0.3 is 15.0 Å². The minimum absolute atomic E-state index is 0.0970. The second-order valence-corrected chi connectivity index (χ2v) is 9.62. The monoisotopic (exact) mass is 497 g/mol. The summed E-state index contributed by atoms with van der Waals surface area (Å²) in [6.45, 7) is 1.20. The number of nitrogens with zero attached hydrogens (tertiary/aromatic N) is 4. The Labute approximate surface area is 205 Å². The lowest BCUT2D eigenvalue weighted by Gasteiger charge is -2.19. The number of rotatable bonds is 8. The number of fused-ring (bicyclic) bond motifs is 1. The van der Waals surface area contributed by atoms with Gasteiger partial charge in [-0.3, -0.25) is 24.5 Å². The van der Waals surface area contributed by atoms with E-state index in [1.807, 2.05) is 37.2 Å². The van der Waals surface area contributed by atoms with Gasteiger partial charge in [0.25, 0.3) is 5.91 Å². The van der Waals surface area contributed by atoms with E-state index in [2.05, 4.69) is 15.3 Å². The molecule has 2 N–H and O–H groups in total. The molecule has 0 saturated carbocycles. The third-order valence-electron chi connectivity index (χ3n) is 5.34. The number of aliphatic hydroxyl groups excluding tert-OH is 1. The highest BCUT2D eigenvalue weighted by Crippen LogP contribution is 2.25. The number of aliphatic hydroxyl groups is 1. The van der Waals surface area contributed by atoms with Crippen molar-refractivity contribution < 1.29 is 9.90 Å². The number of carbonyl (C=O) groups is 1. The SMILES string of the molecule is CN(Cc1cc2c(=O)c(C(=O)NCc3ccc(Cl)cc3)cn(C)c2s1)C[C@@H](O)c1cnccn1. The molecular weight excluding hydrogens is 474 g/mol. The van der Waals surface area contributed by atoms with E-state index in [0.29, 0.717) is 35.7 Å². The Kier molecular flexibility index (Phi) is 7.38. The molecule has 4 aromatic rings. The van der Waals surface area contributed by atoms with Crippen molar-refractivity contribution in [2.24, 2.45) is 7.05 Å². The summed E-state index contributed by atoms with van der Waals surface area (Å²) in [5.41, 5.74) is 1.19. The van der Waals surface area contributed by atoms with Crippen LogP contribution in [0.4, 0.5) is 0 Å². The predicted octanol–water partition coefficient (Wildman–Crippen LogP) is 3.14. The van der Waals surface area contributed by atoms with E-state index in [4.69, 9.17) is 11.6 Å². The van der Waals surface area contributed by atoms with Crippen LogP contribution < -0.4 is 10.7 Å². The summed E-state index contributed by atoms with van der Waals surface area (Å²) in [4.78, 5) is 37.7. The van der Waals surface area contributed by atoms with Crippen LogP contribution in [-0.4, -0.2) is 44.0 Å². The maximum Gasteiger partial charge on any atom is 0.257 e. The number of pyridine rings is 1. The highest BCUT2D eigenvalue weighted by molar-refractivity contribution is 7.18. The van der Waals surface area contributed by atoms with E-state index in [-0.39, 0.29) is 11.0 Å². The number of carbonyl (C=O) groups excluding carboxylic acids is 1. The number of likely N-dealkylation sites (N-methyl/N-ethyl adjacent to an activating group) is 1. The molecule has 8 nitrogen and oxygen atoms in total. The first kappa shape index (κ1) is 24.0. The van der Waals surface area contributed by atoms with Gasteiger partial charge in [-0.15, -0.1) is 11.3 Å². The smallest absolute Gasteiger partial charge is 0.257 e. The first-order valence-electron chi connectivity index (χ1n) is 10.6. The van der Waals surface area contributed by atoms with Gasteiger partial charge in [-0.05, 0) is 30.8 Å². The minimum atomic E-state index is -0.768. The average molecular weight is 498 g/mol. The zero-order valence-corrected chi connectivity index (χ0v) is 20.3. The maximum atomic E-state index is 13.1. The molecule has 1 atom stereocenters. The summed E-state index contributed by atoms with van der Waals surface area (Å²) in [7, 11) is 3.71. The van der Waals surface area contributed by atoms with Crippen molar-refractivity contribution in [2.75, 3.05) is 13.6 Å². The molecule has 1 aromatic carbocycles. The Morgan fingerprint density at radius 1 is 1.29 bits per heavy atom. The number of halogens is 1. The van der Waals surface area contributed by atoms with Crippen LogP contribution in [0.5, 0.6) is 0 Å². The maximum absolute atomic E-state index is 13.1. The Balaban J connectivity index is 1.48. The lowest BCUT2D eigenvalue weighted by molar-refractivity contribution is 0.0949. The molecule has 0 unspecified atom stereocenters. The van der Waals surface area contributed by atoms with E-state index in [1.165, 1.54) is 11.3 Å². The molecule has 0 saturated heterocycles. The number of hydrogen-bond acceptors (Lipinski definition) is 7. The second-order valence-electron chi connectivity index (χ2n) is 8.07. The van der Waals surface area contributed by atoms with Crippen molar-refractivity contribution in [1.82, 2.24) is 24.8 Å². The first-order valence-corrected chi connectivity index (χ1v) is 11.8. The quantitative estimate of drug-likeness (QED) is 0.388. The standard InChI is InChI=1S/C24H24ClN5O3S/c1-29(14-21(31)20-11-26-7-8-27-20)12-17-9-18-22(32)19(13-30(2)24(18)34-17)23(33)28-10-15-3-5-16(25)6-4-15/h3-9,11,13,21,31H,10,12,14H2,1-2H3,(H,28,33)/t21-/m1/s1. The predicted molar refractivity (Wildman–Crippen MR) is 133 cm³/mol. The van der Waals surface area contributed by atoms with Crippen molar-refractivity contribution >= 4 is 39.1 Å². The number of nitrogens with one attached hydrogen (secondary N) is 1. The largest absolute Gasteiger partial charge is 0.385 e. The Bertz CT molecular complexity index is 1360. The zero-order chi connectivity index (χ0) is 24.2. The average Bonchev–Trinajstić information content (AvgIpc) is 3.26.